The molecule has 0 saturated carbocycles. The number of para-hydroxylation sites is 1. The molecule has 0 saturated heterocycles. The summed E-state index contributed by atoms with van der Waals surface area (Å²) in [5, 5.41) is 6.45. The highest BCUT2D eigenvalue weighted by molar-refractivity contribution is 5.79. The molecule has 1 aromatic rings. The van der Waals surface area contributed by atoms with Crippen LogP contribution in [0.5, 0.6) is 5.75 Å². The van der Waals surface area contributed by atoms with Crippen molar-refractivity contribution in [2.45, 2.75) is 39.2 Å². The second-order valence-electron chi connectivity index (χ2n) is 5.61. The fraction of sp³-hybridized carbons (Fsp3) is 0.556. The van der Waals surface area contributed by atoms with Crippen LogP contribution in [0.4, 0.5) is 0 Å². The van der Waals surface area contributed by atoms with Crippen molar-refractivity contribution < 1.29 is 14.3 Å². The van der Waals surface area contributed by atoms with E-state index in [0.717, 1.165) is 24.7 Å². The molecular formula is C18H27N3O3. The van der Waals surface area contributed by atoms with E-state index in [1.165, 1.54) is 5.56 Å². The van der Waals surface area contributed by atoms with E-state index in [0.29, 0.717) is 32.5 Å². The molecule has 132 valence electrons. The molecule has 0 bridgehead atoms. The fourth-order valence-electron chi connectivity index (χ4n) is 2.56. The first-order valence-electron chi connectivity index (χ1n) is 8.65. The van der Waals surface area contributed by atoms with Gasteiger partial charge in [-0.2, -0.15) is 0 Å². The van der Waals surface area contributed by atoms with Gasteiger partial charge in [0.05, 0.1) is 13.2 Å². The number of carbonyl (C=O) groups excluding carboxylic acids is 1. The van der Waals surface area contributed by atoms with E-state index < -0.39 is 0 Å². The largest absolute Gasteiger partial charge is 0.488 e. The number of benzene rings is 1. The van der Waals surface area contributed by atoms with E-state index in [4.69, 9.17) is 9.47 Å². The molecule has 24 heavy (non-hydrogen) atoms. The van der Waals surface area contributed by atoms with E-state index in [1.54, 1.807) is 0 Å². The van der Waals surface area contributed by atoms with E-state index in [9.17, 15) is 4.79 Å². The first kappa shape index (κ1) is 18.1. The van der Waals surface area contributed by atoms with Crippen LogP contribution in [0.2, 0.25) is 0 Å². The predicted octanol–water partition coefficient (Wildman–Crippen LogP) is 1.89. The van der Waals surface area contributed by atoms with Crippen LogP contribution >= 0.6 is 0 Å². The zero-order valence-corrected chi connectivity index (χ0v) is 14.5. The third-order valence-corrected chi connectivity index (χ3v) is 3.67. The monoisotopic (exact) mass is 333 g/mol. The molecular weight excluding hydrogens is 306 g/mol. The highest BCUT2D eigenvalue weighted by atomic mass is 16.5. The lowest BCUT2D eigenvalue weighted by Gasteiger charge is -2.13. The Bertz CT molecular complexity index is 535. The molecule has 1 unspecified atom stereocenters. The Morgan fingerprint density at radius 2 is 2.17 bits per heavy atom. The maximum atomic E-state index is 11.3. The smallest absolute Gasteiger partial charge is 0.305 e. The van der Waals surface area contributed by atoms with E-state index >= 15 is 0 Å². The Morgan fingerprint density at radius 3 is 2.92 bits per heavy atom. The third kappa shape index (κ3) is 5.76. The molecule has 1 aliphatic rings. The van der Waals surface area contributed by atoms with Crippen molar-refractivity contribution in [2.75, 3.05) is 26.2 Å². The summed E-state index contributed by atoms with van der Waals surface area (Å²) in [5.41, 5.74) is 1.24. The number of hydrogen-bond acceptors (Lipinski definition) is 4. The van der Waals surface area contributed by atoms with Gasteiger partial charge in [0.25, 0.3) is 0 Å². The molecule has 1 heterocycles. The minimum Gasteiger partial charge on any atom is -0.488 e. The van der Waals surface area contributed by atoms with Crippen molar-refractivity contribution >= 4 is 11.9 Å². The van der Waals surface area contributed by atoms with Crippen LogP contribution in [0.1, 0.15) is 32.3 Å². The number of esters is 1. The van der Waals surface area contributed by atoms with Crippen molar-refractivity contribution in [1.29, 1.82) is 0 Å². The van der Waals surface area contributed by atoms with Crippen LogP contribution in [0, 0.1) is 0 Å². The number of carbonyl (C=O) groups is 1. The van der Waals surface area contributed by atoms with Gasteiger partial charge in [-0.25, -0.2) is 4.99 Å². The van der Waals surface area contributed by atoms with Crippen LogP contribution in [0.25, 0.3) is 0 Å². The van der Waals surface area contributed by atoms with E-state index in [1.807, 2.05) is 32.0 Å². The van der Waals surface area contributed by atoms with Gasteiger partial charge in [0.15, 0.2) is 5.96 Å². The summed E-state index contributed by atoms with van der Waals surface area (Å²) >= 11 is 0. The normalized spacial score (nSPS) is 16.2. The van der Waals surface area contributed by atoms with Gasteiger partial charge in [-0.15, -0.1) is 0 Å². The van der Waals surface area contributed by atoms with Gasteiger partial charge >= 0.3 is 5.97 Å². The predicted molar refractivity (Wildman–Crippen MR) is 94.4 cm³/mol. The molecule has 1 aromatic carbocycles. The SMILES string of the molecule is CCNC(=NCC1Cc2ccccc2O1)NCCCC(=O)OCC. The lowest BCUT2D eigenvalue weighted by molar-refractivity contribution is -0.143. The highest BCUT2D eigenvalue weighted by Crippen LogP contribution is 2.28. The summed E-state index contributed by atoms with van der Waals surface area (Å²) in [4.78, 5) is 15.9. The molecule has 0 amide bonds. The van der Waals surface area contributed by atoms with Crippen LogP contribution in [0.15, 0.2) is 29.3 Å². The summed E-state index contributed by atoms with van der Waals surface area (Å²) in [7, 11) is 0. The van der Waals surface area contributed by atoms with Crippen molar-refractivity contribution in [3.8, 4) is 5.75 Å². The number of fused-ring (bicyclic) bond motifs is 1. The van der Waals surface area contributed by atoms with Crippen molar-refractivity contribution in [3.05, 3.63) is 29.8 Å². The molecule has 1 atom stereocenters. The number of nitrogens with one attached hydrogen (secondary N) is 2. The van der Waals surface area contributed by atoms with Gasteiger partial charge in [-0.05, 0) is 31.9 Å². The first-order chi connectivity index (χ1) is 11.7. The zero-order chi connectivity index (χ0) is 17.2. The van der Waals surface area contributed by atoms with Gasteiger partial charge < -0.3 is 20.1 Å². The number of aliphatic imine (C=N–C) groups is 1. The summed E-state index contributed by atoms with van der Waals surface area (Å²) in [5.74, 6) is 1.56. The summed E-state index contributed by atoms with van der Waals surface area (Å²) in [6.07, 6.45) is 2.11. The Hall–Kier alpha value is -2.24. The van der Waals surface area contributed by atoms with Crippen LogP contribution in [-0.2, 0) is 16.0 Å². The van der Waals surface area contributed by atoms with Gasteiger partial charge in [0.2, 0.25) is 0 Å². The Kier molecular flexibility index (Phi) is 7.39. The third-order valence-electron chi connectivity index (χ3n) is 3.67. The molecule has 6 nitrogen and oxygen atoms in total. The molecule has 0 aromatic heterocycles. The standard InChI is InChI=1S/C18H27N3O3/c1-3-19-18(20-11-7-10-17(22)23-4-2)21-13-15-12-14-8-5-6-9-16(14)24-15/h5-6,8-9,15H,3-4,7,10-13H2,1-2H3,(H2,19,20,21). The molecule has 6 heteroatoms. The minimum absolute atomic E-state index is 0.0809. The summed E-state index contributed by atoms with van der Waals surface area (Å²) in [6.45, 7) is 6.33. The number of ether oxygens (including phenoxy) is 2. The molecule has 2 rings (SSSR count). The number of rotatable bonds is 8. The highest BCUT2D eigenvalue weighted by Gasteiger charge is 2.21. The van der Waals surface area contributed by atoms with E-state index in [-0.39, 0.29) is 12.1 Å². The average Bonchev–Trinajstić information content (AvgIpc) is 2.99. The number of guanidine groups is 1. The number of nitrogens with zero attached hydrogens (tertiary/aromatic N) is 1. The van der Waals surface area contributed by atoms with Gasteiger partial charge in [-0.3, -0.25) is 4.79 Å². The summed E-state index contributed by atoms with van der Waals surface area (Å²) < 4.78 is 10.8. The van der Waals surface area contributed by atoms with Crippen molar-refractivity contribution in [2.24, 2.45) is 4.99 Å². The lowest BCUT2D eigenvalue weighted by Crippen LogP contribution is -2.38. The molecule has 0 radical (unpaired) electrons. The summed E-state index contributed by atoms with van der Waals surface area (Å²) in [6, 6.07) is 8.11. The molecule has 1 aliphatic heterocycles. The second-order valence-corrected chi connectivity index (χ2v) is 5.61. The molecule has 0 fully saturated rings. The average molecular weight is 333 g/mol. The van der Waals surface area contributed by atoms with E-state index in [2.05, 4.69) is 21.7 Å². The van der Waals surface area contributed by atoms with Gasteiger partial charge in [0.1, 0.15) is 11.9 Å². The maximum absolute atomic E-state index is 11.3. The Labute approximate surface area is 143 Å². The van der Waals surface area contributed by atoms with Crippen LogP contribution in [-0.4, -0.2) is 44.3 Å². The maximum Gasteiger partial charge on any atom is 0.305 e. The topological polar surface area (TPSA) is 72.0 Å². The Morgan fingerprint density at radius 1 is 1.33 bits per heavy atom. The number of hydrogen-bond donors (Lipinski definition) is 2. The Balaban J connectivity index is 1.74. The molecule has 2 N–H and O–H groups in total. The lowest BCUT2D eigenvalue weighted by atomic mass is 10.1. The van der Waals surface area contributed by atoms with Crippen LogP contribution < -0.4 is 15.4 Å². The minimum atomic E-state index is -0.154. The van der Waals surface area contributed by atoms with Gasteiger partial charge in [0, 0.05) is 25.9 Å². The van der Waals surface area contributed by atoms with Crippen molar-refractivity contribution in [1.82, 2.24) is 10.6 Å². The first-order valence-corrected chi connectivity index (χ1v) is 8.65. The fourth-order valence-corrected chi connectivity index (χ4v) is 2.56. The van der Waals surface area contributed by atoms with Crippen molar-refractivity contribution in [3.63, 3.8) is 0 Å². The zero-order valence-electron chi connectivity index (χ0n) is 14.5. The molecule has 0 spiro atoms. The quantitative estimate of drug-likeness (QED) is 0.329. The molecule has 0 aliphatic carbocycles. The van der Waals surface area contributed by atoms with Gasteiger partial charge in [-0.1, -0.05) is 18.2 Å². The second kappa shape index (κ2) is 9.80. The van der Waals surface area contributed by atoms with Crippen LogP contribution in [0.3, 0.4) is 0 Å².